The molecule has 1 atom stereocenters. The van der Waals surface area contributed by atoms with Crippen LogP contribution in [0.1, 0.15) is 40.0 Å². The number of ketones is 1. The molecule has 0 fully saturated rings. The van der Waals surface area contributed by atoms with Crippen molar-refractivity contribution >= 4 is 16.7 Å². The van der Waals surface area contributed by atoms with Crippen LogP contribution in [0, 0.1) is 0 Å². The molecule has 0 saturated carbocycles. The van der Waals surface area contributed by atoms with Crippen molar-refractivity contribution in [3.63, 3.8) is 0 Å². The van der Waals surface area contributed by atoms with Gasteiger partial charge < -0.3 is 14.5 Å². The summed E-state index contributed by atoms with van der Waals surface area (Å²) in [5.41, 5.74) is 4.92. The number of aryl methyl sites for hydroxylation is 1. The minimum absolute atomic E-state index is 0.0476. The summed E-state index contributed by atoms with van der Waals surface area (Å²) in [4.78, 5) is 17.0. The summed E-state index contributed by atoms with van der Waals surface area (Å²) < 4.78 is 10.9. The average molecular weight is 412 g/mol. The summed E-state index contributed by atoms with van der Waals surface area (Å²) >= 11 is 0. The second-order valence-corrected chi connectivity index (χ2v) is 7.67. The van der Waals surface area contributed by atoms with Crippen molar-refractivity contribution in [1.82, 2.24) is 10.3 Å². The van der Waals surface area contributed by atoms with Gasteiger partial charge in [0.25, 0.3) is 0 Å². The zero-order valence-electron chi connectivity index (χ0n) is 17.4. The Balaban J connectivity index is 1.46. The number of carbonyl (C=O) groups is 1. The minimum Gasteiger partial charge on any atom is -0.454 e. The number of H-pyrrole nitrogens is 1. The largest absolute Gasteiger partial charge is 0.454 e. The molecule has 1 aliphatic rings. The van der Waals surface area contributed by atoms with E-state index in [-0.39, 0.29) is 12.6 Å². The number of benzene rings is 3. The van der Waals surface area contributed by atoms with Gasteiger partial charge in [-0.15, -0.1) is 0 Å². The van der Waals surface area contributed by atoms with Crippen molar-refractivity contribution in [2.45, 2.75) is 25.9 Å². The van der Waals surface area contributed by atoms with Crippen LogP contribution in [0.3, 0.4) is 0 Å². The summed E-state index contributed by atoms with van der Waals surface area (Å²) in [6.07, 6.45) is 2.75. The highest BCUT2D eigenvalue weighted by Gasteiger charge is 2.25. The van der Waals surface area contributed by atoms with E-state index >= 15 is 0 Å². The first-order valence-corrected chi connectivity index (χ1v) is 10.5. The van der Waals surface area contributed by atoms with E-state index in [1.807, 2.05) is 66.9 Å². The van der Waals surface area contributed by atoms with Gasteiger partial charge in [0.05, 0.1) is 6.04 Å². The van der Waals surface area contributed by atoms with Crippen LogP contribution in [0.4, 0.5) is 0 Å². The van der Waals surface area contributed by atoms with Crippen LogP contribution in [0.5, 0.6) is 11.5 Å². The van der Waals surface area contributed by atoms with Gasteiger partial charge in [0.15, 0.2) is 17.3 Å². The van der Waals surface area contributed by atoms with Crippen molar-refractivity contribution in [1.29, 1.82) is 0 Å². The molecular weight excluding hydrogens is 388 g/mol. The summed E-state index contributed by atoms with van der Waals surface area (Å²) in [5.74, 6) is 1.54. The molecule has 0 bridgehead atoms. The zero-order chi connectivity index (χ0) is 21.2. The fourth-order valence-corrected chi connectivity index (χ4v) is 4.15. The Hall–Kier alpha value is -3.57. The molecule has 0 spiro atoms. The fourth-order valence-electron chi connectivity index (χ4n) is 4.15. The van der Waals surface area contributed by atoms with E-state index in [0.717, 1.165) is 39.9 Å². The van der Waals surface area contributed by atoms with Gasteiger partial charge >= 0.3 is 0 Å². The quantitative estimate of drug-likeness (QED) is 0.411. The van der Waals surface area contributed by atoms with Gasteiger partial charge in [-0.05, 0) is 35.2 Å². The first-order valence-electron chi connectivity index (χ1n) is 10.5. The summed E-state index contributed by atoms with van der Waals surface area (Å²) in [6.45, 7) is 2.90. The topological polar surface area (TPSA) is 63.4 Å². The molecular formula is C26H24N2O3. The highest BCUT2D eigenvalue weighted by atomic mass is 16.7. The normalized spacial score (nSPS) is 13.5. The molecule has 0 radical (unpaired) electrons. The predicted molar refractivity (Wildman–Crippen MR) is 121 cm³/mol. The van der Waals surface area contributed by atoms with Crippen molar-refractivity contribution in [2.75, 3.05) is 6.79 Å². The summed E-state index contributed by atoms with van der Waals surface area (Å²) in [6, 6.07) is 21.4. The summed E-state index contributed by atoms with van der Waals surface area (Å²) in [5, 5.41) is 4.43. The van der Waals surface area contributed by atoms with Gasteiger partial charge in [0.1, 0.15) is 0 Å². The smallest absolute Gasteiger partial charge is 0.231 e. The standard InChI is InChI=1S/C26H24N2O3/c1-2-18-9-6-10-20-21(15-28-24(18)20)26(29)25(19-7-4-3-5-8-19)27-14-17-11-12-22-23(13-17)31-16-30-22/h3-13,15,25,27-28H,2,14,16H2,1H3. The van der Waals surface area contributed by atoms with Gasteiger partial charge in [-0.1, -0.05) is 61.5 Å². The molecule has 5 rings (SSSR count). The Morgan fingerprint density at radius 1 is 1.03 bits per heavy atom. The first-order chi connectivity index (χ1) is 15.2. The Kier molecular flexibility index (Phi) is 5.18. The molecule has 1 aliphatic heterocycles. The van der Waals surface area contributed by atoms with Crippen LogP contribution < -0.4 is 14.8 Å². The molecule has 0 saturated heterocycles. The second-order valence-electron chi connectivity index (χ2n) is 7.67. The molecule has 156 valence electrons. The van der Waals surface area contributed by atoms with E-state index in [1.165, 1.54) is 5.56 Å². The van der Waals surface area contributed by atoms with Crippen LogP contribution in [-0.2, 0) is 13.0 Å². The molecule has 4 aromatic rings. The van der Waals surface area contributed by atoms with Crippen LogP contribution in [0.2, 0.25) is 0 Å². The SMILES string of the molecule is CCc1cccc2c(C(=O)C(NCc3ccc4c(c3)OCO4)c3ccccc3)c[nH]c12. The second kappa shape index (κ2) is 8.28. The lowest BCUT2D eigenvalue weighted by atomic mass is 9.96. The molecule has 1 unspecified atom stereocenters. The first kappa shape index (κ1) is 19.4. The molecule has 5 heteroatoms. The van der Waals surface area contributed by atoms with E-state index in [0.29, 0.717) is 12.1 Å². The average Bonchev–Trinajstić information content (AvgIpc) is 3.46. The highest BCUT2D eigenvalue weighted by molar-refractivity contribution is 6.11. The van der Waals surface area contributed by atoms with E-state index < -0.39 is 6.04 Å². The zero-order valence-corrected chi connectivity index (χ0v) is 17.4. The minimum atomic E-state index is -0.462. The van der Waals surface area contributed by atoms with E-state index in [2.05, 4.69) is 23.3 Å². The molecule has 2 heterocycles. The fraction of sp³-hybridized carbons (Fsp3) is 0.192. The van der Waals surface area contributed by atoms with E-state index in [1.54, 1.807) is 0 Å². The van der Waals surface area contributed by atoms with Gasteiger partial charge in [0, 0.05) is 29.2 Å². The predicted octanol–water partition coefficient (Wildman–Crippen LogP) is 5.17. The van der Waals surface area contributed by atoms with Crippen molar-refractivity contribution < 1.29 is 14.3 Å². The van der Waals surface area contributed by atoms with Gasteiger partial charge in [-0.2, -0.15) is 0 Å². The number of aromatic amines is 1. The third kappa shape index (κ3) is 3.68. The monoisotopic (exact) mass is 412 g/mol. The Labute approximate surface area is 181 Å². The molecule has 31 heavy (non-hydrogen) atoms. The lowest BCUT2D eigenvalue weighted by Gasteiger charge is -2.18. The van der Waals surface area contributed by atoms with Crippen molar-refractivity contribution in [3.8, 4) is 11.5 Å². The molecule has 2 N–H and O–H groups in total. The molecule has 3 aromatic carbocycles. The number of fused-ring (bicyclic) bond motifs is 2. The number of Topliss-reactive ketones (excluding diaryl/α,β-unsaturated/α-hetero) is 1. The summed E-state index contributed by atoms with van der Waals surface area (Å²) in [7, 11) is 0. The maximum atomic E-state index is 13.7. The van der Waals surface area contributed by atoms with E-state index in [4.69, 9.17) is 9.47 Å². The molecule has 0 aliphatic carbocycles. The maximum absolute atomic E-state index is 13.7. The number of rotatable bonds is 7. The van der Waals surface area contributed by atoms with Crippen LogP contribution in [0.25, 0.3) is 10.9 Å². The van der Waals surface area contributed by atoms with Crippen LogP contribution in [0.15, 0.2) is 72.9 Å². The molecule has 0 amide bonds. The number of para-hydroxylation sites is 1. The Morgan fingerprint density at radius 2 is 1.87 bits per heavy atom. The number of carbonyl (C=O) groups excluding carboxylic acids is 1. The number of nitrogens with one attached hydrogen (secondary N) is 2. The van der Waals surface area contributed by atoms with Crippen molar-refractivity contribution in [3.05, 3.63) is 95.2 Å². The van der Waals surface area contributed by atoms with Crippen LogP contribution in [-0.4, -0.2) is 17.6 Å². The molecule has 5 nitrogen and oxygen atoms in total. The van der Waals surface area contributed by atoms with Gasteiger partial charge in [-0.3, -0.25) is 10.1 Å². The lowest BCUT2D eigenvalue weighted by molar-refractivity contribution is 0.0943. The van der Waals surface area contributed by atoms with Crippen LogP contribution >= 0.6 is 0 Å². The Morgan fingerprint density at radius 3 is 2.71 bits per heavy atom. The number of aromatic nitrogens is 1. The third-order valence-electron chi connectivity index (χ3n) is 5.79. The maximum Gasteiger partial charge on any atom is 0.231 e. The highest BCUT2D eigenvalue weighted by Crippen LogP contribution is 2.33. The van der Waals surface area contributed by atoms with Gasteiger partial charge in [0.2, 0.25) is 6.79 Å². The lowest BCUT2D eigenvalue weighted by Crippen LogP contribution is -2.28. The number of hydrogen-bond acceptors (Lipinski definition) is 4. The van der Waals surface area contributed by atoms with E-state index in [9.17, 15) is 4.79 Å². The number of ether oxygens (including phenoxy) is 2. The van der Waals surface area contributed by atoms with Crippen molar-refractivity contribution in [2.24, 2.45) is 0 Å². The van der Waals surface area contributed by atoms with Gasteiger partial charge in [-0.25, -0.2) is 0 Å². The molecule has 1 aromatic heterocycles. The number of hydrogen-bond donors (Lipinski definition) is 2. The Bertz CT molecular complexity index is 1230. The third-order valence-corrected chi connectivity index (χ3v) is 5.79.